The number of carbonyl (C=O) groups excluding carboxylic acids is 10. The molecule has 3 aromatic rings. The van der Waals surface area contributed by atoms with Gasteiger partial charge >= 0.3 is 18.2 Å². The molecular weight excluding hydrogens is 1230 g/mol. The number of ether oxygens (including phenoxy) is 2. The highest BCUT2D eigenvalue weighted by atomic mass is 35.5. The van der Waals surface area contributed by atoms with E-state index >= 15 is 0 Å². The van der Waals surface area contributed by atoms with E-state index in [1.807, 2.05) is 36.6 Å². The van der Waals surface area contributed by atoms with E-state index in [2.05, 4.69) is 31.5 Å². The van der Waals surface area contributed by atoms with Gasteiger partial charge in [0, 0.05) is 134 Å². The topological polar surface area (TPSA) is 309 Å². The fourth-order valence-corrected chi connectivity index (χ4v) is 11.9. The molecule has 0 radical (unpaired) electrons. The van der Waals surface area contributed by atoms with Gasteiger partial charge in [0.05, 0.1) is 22.7 Å². The Labute approximate surface area is 536 Å². The van der Waals surface area contributed by atoms with Gasteiger partial charge in [-0.1, -0.05) is 7.43 Å². The molecule has 6 fully saturated rings. The molecule has 11 rings (SSSR count). The maximum Gasteiger partial charge on any atom is 0.410 e. The lowest BCUT2D eigenvalue weighted by Crippen LogP contribution is -2.52. The van der Waals surface area contributed by atoms with Gasteiger partial charge in [-0.3, -0.25) is 54.3 Å². The number of piperidine rings is 3. The Balaban J connectivity index is 0.000000195. The van der Waals surface area contributed by atoms with Crippen molar-refractivity contribution in [3.8, 4) is 0 Å². The van der Waals surface area contributed by atoms with Crippen LogP contribution in [0.2, 0.25) is 0 Å². The zero-order valence-electron chi connectivity index (χ0n) is 51.5. The lowest BCUT2D eigenvalue weighted by Gasteiger charge is -2.37. The first-order chi connectivity index (χ1) is 42.5. The molecule has 6 N–H and O–H groups in total. The molecule has 3 unspecified atom stereocenters. The first kappa shape index (κ1) is 70.9. The Bertz CT molecular complexity index is 3400. The molecule has 0 aliphatic carbocycles. The zero-order chi connectivity index (χ0) is 65.1. The Morgan fingerprint density at radius 1 is 0.543 bits per heavy atom. The van der Waals surface area contributed by atoms with Crippen LogP contribution in [0.1, 0.15) is 135 Å². The molecule has 6 saturated heterocycles. The van der Waals surface area contributed by atoms with Crippen molar-refractivity contribution in [2.24, 2.45) is 0 Å². The predicted octanol–water partition coefficient (Wildman–Crippen LogP) is 4.17. The SMILES string of the molecule is C.CC(C)(C)OC(=O)N1CCN(c2cc(F)c(C(=O)O)c(CNC3CCC(=O)NC3=O)c2)CC1.CC(C)(C)OC(=O)N1CCN(c2cc(F)c3c(c2)CN(C2CCC(=O)NC2=O)C3=O)CC1.Cl.O=C1CCC(N2Cc3cc(N4CCNCC4)cc(F)c3C2=O)C(=O)N1. The first-order valence-corrected chi connectivity index (χ1v) is 30.0. The molecular formula is C62H80ClF3N12O14. The van der Waals surface area contributed by atoms with Gasteiger partial charge < -0.3 is 59.5 Å². The third-order valence-electron chi connectivity index (χ3n) is 16.3. The second-order valence-corrected chi connectivity index (χ2v) is 25.0. The number of anilines is 3. The summed E-state index contributed by atoms with van der Waals surface area (Å²) in [7, 11) is 0. The van der Waals surface area contributed by atoms with Crippen molar-refractivity contribution in [2.75, 3.05) is 93.2 Å². The molecule has 3 atom stereocenters. The van der Waals surface area contributed by atoms with Crippen LogP contribution < -0.4 is 41.3 Å². The fourth-order valence-electron chi connectivity index (χ4n) is 11.9. The second kappa shape index (κ2) is 29.4. The van der Waals surface area contributed by atoms with Gasteiger partial charge in [0.25, 0.3) is 11.8 Å². The van der Waals surface area contributed by atoms with Gasteiger partial charge in [-0.05, 0) is 114 Å². The van der Waals surface area contributed by atoms with Crippen molar-refractivity contribution < 1.29 is 80.5 Å². The number of halogens is 4. The first-order valence-electron chi connectivity index (χ1n) is 30.0. The van der Waals surface area contributed by atoms with Gasteiger partial charge in [-0.25, -0.2) is 27.6 Å². The van der Waals surface area contributed by atoms with Gasteiger partial charge in [0.15, 0.2) is 0 Å². The van der Waals surface area contributed by atoms with Crippen LogP contribution in [-0.4, -0.2) is 198 Å². The third kappa shape index (κ3) is 16.7. The van der Waals surface area contributed by atoms with E-state index in [4.69, 9.17) is 9.47 Å². The molecule has 0 aromatic heterocycles. The van der Waals surface area contributed by atoms with Gasteiger partial charge in [0.2, 0.25) is 35.4 Å². The van der Waals surface area contributed by atoms with E-state index < -0.39 is 93.9 Å². The number of fused-ring (bicyclic) bond motifs is 2. The lowest BCUT2D eigenvalue weighted by molar-refractivity contribution is -0.138. The number of amides is 10. The summed E-state index contributed by atoms with van der Waals surface area (Å²) >= 11 is 0. The maximum atomic E-state index is 14.9. The largest absolute Gasteiger partial charge is 0.478 e. The molecule has 500 valence electrons. The van der Waals surface area contributed by atoms with E-state index in [9.17, 15) is 71.0 Å². The van der Waals surface area contributed by atoms with Gasteiger partial charge in [-0.15, -0.1) is 12.4 Å². The van der Waals surface area contributed by atoms with E-state index in [1.54, 1.807) is 42.7 Å². The summed E-state index contributed by atoms with van der Waals surface area (Å²) in [6.07, 6.45) is 0.499. The highest BCUT2D eigenvalue weighted by Gasteiger charge is 2.43. The van der Waals surface area contributed by atoms with Crippen LogP contribution >= 0.6 is 12.4 Å². The van der Waals surface area contributed by atoms with Crippen LogP contribution in [0.5, 0.6) is 0 Å². The minimum Gasteiger partial charge on any atom is -0.478 e. The van der Waals surface area contributed by atoms with Crippen LogP contribution in [0.4, 0.5) is 39.8 Å². The molecule has 8 aliphatic heterocycles. The number of aromatic carboxylic acids is 1. The van der Waals surface area contributed by atoms with Crippen LogP contribution in [0.3, 0.4) is 0 Å². The Hall–Kier alpha value is -8.57. The number of benzene rings is 3. The van der Waals surface area contributed by atoms with E-state index in [-0.39, 0.29) is 118 Å². The van der Waals surface area contributed by atoms with Crippen molar-refractivity contribution in [1.82, 2.24) is 46.2 Å². The molecule has 30 heteroatoms. The monoisotopic (exact) mass is 1310 g/mol. The minimum absolute atomic E-state index is 0. The summed E-state index contributed by atoms with van der Waals surface area (Å²) in [5.41, 5.74) is 1.57. The normalized spacial score (nSPS) is 20.9. The fraction of sp³-hybridized carbons (Fsp3) is 0.532. The van der Waals surface area contributed by atoms with Gasteiger partial charge in [0.1, 0.15) is 40.7 Å². The predicted molar refractivity (Wildman–Crippen MR) is 330 cm³/mol. The number of carboxylic acids is 1. The summed E-state index contributed by atoms with van der Waals surface area (Å²) in [6.45, 7) is 17.8. The van der Waals surface area contributed by atoms with Crippen molar-refractivity contribution in [1.29, 1.82) is 0 Å². The van der Waals surface area contributed by atoms with Crippen molar-refractivity contribution in [2.45, 2.75) is 136 Å². The summed E-state index contributed by atoms with van der Waals surface area (Å²) in [5.74, 6) is -7.04. The summed E-state index contributed by atoms with van der Waals surface area (Å²) in [5, 5.41) is 22.4. The number of rotatable bonds is 9. The second-order valence-electron chi connectivity index (χ2n) is 25.0. The zero-order valence-corrected chi connectivity index (χ0v) is 52.3. The maximum absolute atomic E-state index is 14.9. The number of imide groups is 3. The highest BCUT2D eigenvalue weighted by molar-refractivity contribution is 6.07. The standard InChI is InChI=1S/C22H29FN4O6.C22H27FN4O5.C17H19FN4O3.CH4.ClH/c1-22(2,3)33-21(32)27-8-6-26(7-9-27)14-10-13(18(20(30)31)15(23)11-14)12-24-16-4-5-17(28)25-19(16)29;1-22(2,3)32-21(31)26-8-6-25(7-9-26)14-10-13-12-27(20(30)18(13)15(23)11-14)16-4-5-17(28)24-19(16)29;18-12-8-11(21-5-3-19-4-6-21)7-10-9-22(17(25)15(10)12)13-1-2-14(23)20-16(13)24;;/h10-11,16,24H,4-9,12H2,1-3H3,(H,30,31)(H,25,28,29);10-11,16H,4-9,12H2,1-3H3,(H,24,28,29);7-8,13,19H,1-6,9H2,(H,20,23,24);1H4;1H. The number of carbonyl (C=O) groups is 11. The minimum atomic E-state index is -1.41. The van der Waals surface area contributed by atoms with Crippen LogP contribution in [0, 0.1) is 17.5 Å². The van der Waals surface area contributed by atoms with Gasteiger partial charge in [-0.2, -0.15) is 0 Å². The molecule has 0 spiro atoms. The number of hydrogen-bond donors (Lipinski definition) is 6. The van der Waals surface area contributed by atoms with E-state index in [1.165, 1.54) is 28.0 Å². The summed E-state index contributed by atoms with van der Waals surface area (Å²) in [6, 6.07) is 6.90. The third-order valence-corrected chi connectivity index (χ3v) is 16.3. The molecule has 8 aliphatic rings. The lowest BCUT2D eigenvalue weighted by atomic mass is 10.0. The van der Waals surface area contributed by atoms with Crippen LogP contribution in [0.15, 0.2) is 36.4 Å². The molecule has 0 saturated carbocycles. The van der Waals surface area contributed by atoms with E-state index in [0.717, 1.165) is 31.9 Å². The van der Waals surface area contributed by atoms with Crippen molar-refractivity contribution in [3.05, 3.63) is 87.2 Å². The Morgan fingerprint density at radius 2 is 0.924 bits per heavy atom. The number of hydrogen-bond acceptors (Lipinski definition) is 18. The Kier molecular flexibility index (Phi) is 22.6. The molecule has 26 nitrogen and oxygen atoms in total. The van der Waals surface area contributed by atoms with Crippen molar-refractivity contribution >= 4 is 94.9 Å². The smallest absolute Gasteiger partial charge is 0.410 e. The van der Waals surface area contributed by atoms with Crippen LogP contribution in [-0.2, 0) is 57.9 Å². The molecule has 0 bridgehead atoms. The summed E-state index contributed by atoms with van der Waals surface area (Å²) < 4.78 is 55.1. The Morgan fingerprint density at radius 3 is 1.32 bits per heavy atom. The number of piperazine rings is 3. The average Bonchev–Trinajstić information content (AvgIpc) is 1.61. The number of nitrogens with zero attached hydrogens (tertiary/aromatic N) is 7. The molecule has 3 aromatic carbocycles. The van der Waals surface area contributed by atoms with E-state index in [0.29, 0.717) is 74.9 Å². The number of nitrogens with one attached hydrogen (secondary N) is 5. The molecule has 10 amide bonds. The highest BCUT2D eigenvalue weighted by Crippen LogP contribution is 2.35. The number of carboxylic acid groups (broad SMARTS) is 1. The molecule has 8 heterocycles. The van der Waals surface area contributed by atoms with Crippen LogP contribution in [0.25, 0.3) is 0 Å². The quantitative estimate of drug-likeness (QED) is 0.164. The average molecular weight is 1310 g/mol. The van der Waals surface area contributed by atoms with Crippen molar-refractivity contribution in [3.63, 3.8) is 0 Å². The molecule has 92 heavy (non-hydrogen) atoms. The summed E-state index contributed by atoms with van der Waals surface area (Å²) in [4.78, 5) is 144.